The Hall–Kier alpha value is 0.440. The average molecular weight is 246 g/mol. The molecule has 2 fully saturated rings. The minimum atomic E-state index is 0.828. The SMILES string of the molecule is CN(CCC1CC1)CC1CC(Br)C1. The lowest BCUT2D eigenvalue weighted by atomic mass is 9.85. The predicted octanol–water partition coefficient (Wildman–Crippen LogP) is 2.89. The van der Waals surface area contributed by atoms with Gasteiger partial charge < -0.3 is 4.90 Å². The largest absolute Gasteiger partial charge is 0.306 e. The molecule has 0 unspecified atom stereocenters. The average Bonchev–Trinajstić information content (AvgIpc) is 2.81. The molecule has 13 heavy (non-hydrogen) atoms. The van der Waals surface area contributed by atoms with Gasteiger partial charge in [0.15, 0.2) is 0 Å². The highest BCUT2D eigenvalue weighted by molar-refractivity contribution is 9.09. The Labute approximate surface area is 90.0 Å². The molecule has 0 aromatic carbocycles. The zero-order valence-corrected chi connectivity index (χ0v) is 10.1. The summed E-state index contributed by atoms with van der Waals surface area (Å²) in [6.45, 7) is 2.66. The molecule has 1 nitrogen and oxygen atoms in total. The van der Waals surface area contributed by atoms with E-state index in [-0.39, 0.29) is 0 Å². The van der Waals surface area contributed by atoms with Crippen molar-refractivity contribution < 1.29 is 0 Å². The first kappa shape index (κ1) is 9.97. The standard InChI is InChI=1S/C11H20BrN/c1-13(5-4-9-2-3-9)8-10-6-11(12)7-10/h9-11H,2-8H2,1H3. The molecule has 0 heterocycles. The van der Waals surface area contributed by atoms with Crippen LogP contribution in [-0.4, -0.2) is 29.9 Å². The van der Waals surface area contributed by atoms with Crippen LogP contribution in [0.5, 0.6) is 0 Å². The second-order valence-corrected chi connectivity index (χ2v) is 6.22. The van der Waals surface area contributed by atoms with E-state index in [9.17, 15) is 0 Å². The van der Waals surface area contributed by atoms with Crippen LogP contribution >= 0.6 is 15.9 Å². The van der Waals surface area contributed by atoms with Crippen molar-refractivity contribution in [1.82, 2.24) is 4.90 Å². The van der Waals surface area contributed by atoms with E-state index in [1.54, 1.807) is 0 Å². The highest BCUT2D eigenvalue weighted by Crippen LogP contribution is 2.35. The Balaban J connectivity index is 1.52. The highest BCUT2D eigenvalue weighted by Gasteiger charge is 2.28. The van der Waals surface area contributed by atoms with Crippen molar-refractivity contribution in [2.75, 3.05) is 20.1 Å². The second kappa shape index (κ2) is 4.31. The highest BCUT2D eigenvalue weighted by atomic mass is 79.9. The molecule has 0 N–H and O–H groups in total. The molecular weight excluding hydrogens is 226 g/mol. The monoisotopic (exact) mass is 245 g/mol. The van der Waals surface area contributed by atoms with Crippen LogP contribution in [0.1, 0.15) is 32.1 Å². The molecule has 0 atom stereocenters. The molecule has 2 rings (SSSR count). The summed E-state index contributed by atoms with van der Waals surface area (Å²) < 4.78 is 0. The molecule has 0 aromatic heterocycles. The van der Waals surface area contributed by atoms with Crippen molar-refractivity contribution in [1.29, 1.82) is 0 Å². The third-order valence-corrected chi connectivity index (χ3v) is 4.11. The zero-order valence-electron chi connectivity index (χ0n) is 8.51. The molecule has 0 aromatic rings. The van der Waals surface area contributed by atoms with Crippen LogP contribution in [-0.2, 0) is 0 Å². The maximum atomic E-state index is 3.64. The third-order valence-electron chi connectivity index (χ3n) is 3.36. The first-order valence-electron chi connectivity index (χ1n) is 5.56. The molecule has 2 aliphatic carbocycles. The molecule has 0 amide bonds. The summed E-state index contributed by atoms with van der Waals surface area (Å²) in [4.78, 5) is 3.36. The number of alkyl halides is 1. The number of rotatable bonds is 5. The second-order valence-electron chi connectivity index (χ2n) is 4.93. The minimum absolute atomic E-state index is 0.828. The first-order valence-corrected chi connectivity index (χ1v) is 6.48. The molecule has 0 saturated heterocycles. The lowest BCUT2D eigenvalue weighted by Gasteiger charge is -2.34. The summed E-state index contributed by atoms with van der Waals surface area (Å²) in [5.74, 6) is 2.07. The van der Waals surface area contributed by atoms with Gasteiger partial charge in [-0.25, -0.2) is 0 Å². The fourth-order valence-electron chi connectivity index (χ4n) is 2.14. The van der Waals surface area contributed by atoms with E-state index in [1.807, 2.05) is 0 Å². The molecule has 2 saturated carbocycles. The minimum Gasteiger partial charge on any atom is -0.306 e. The Morgan fingerprint density at radius 2 is 1.92 bits per heavy atom. The fourth-order valence-corrected chi connectivity index (χ4v) is 3.20. The van der Waals surface area contributed by atoms with Crippen molar-refractivity contribution in [2.45, 2.75) is 36.9 Å². The van der Waals surface area contributed by atoms with Gasteiger partial charge in [0.25, 0.3) is 0 Å². The van der Waals surface area contributed by atoms with E-state index in [0.717, 1.165) is 16.7 Å². The van der Waals surface area contributed by atoms with Crippen LogP contribution in [0.25, 0.3) is 0 Å². The van der Waals surface area contributed by atoms with Gasteiger partial charge in [-0.05, 0) is 44.7 Å². The van der Waals surface area contributed by atoms with Crippen molar-refractivity contribution in [2.24, 2.45) is 11.8 Å². The Morgan fingerprint density at radius 3 is 2.46 bits per heavy atom. The fraction of sp³-hybridized carbons (Fsp3) is 1.00. The van der Waals surface area contributed by atoms with Gasteiger partial charge in [0.05, 0.1) is 0 Å². The van der Waals surface area contributed by atoms with E-state index in [2.05, 4.69) is 27.9 Å². The van der Waals surface area contributed by atoms with Crippen LogP contribution in [0.15, 0.2) is 0 Å². The quantitative estimate of drug-likeness (QED) is 0.674. The normalized spacial score (nSPS) is 33.5. The van der Waals surface area contributed by atoms with E-state index >= 15 is 0 Å². The van der Waals surface area contributed by atoms with Crippen molar-refractivity contribution in [3.05, 3.63) is 0 Å². The van der Waals surface area contributed by atoms with Crippen LogP contribution in [0.2, 0.25) is 0 Å². The van der Waals surface area contributed by atoms with Crippen LogP contribution in [0, 0.1) is 11.8 Å². The van der Waals surface area contributed by atoms with Gasteiger partial charge in [-0.2, -0.15) is 0 Å². The summed E-state index contributed by atoms with van der Waals surface area (Å²) >= 11 is 3.64. The molecule has 0 spiro atoms. The Bertz CT molecular complexity index is 161. The van der Waals surface area contributed by atoms with Crippen LogP contribution in [0.3, 0.4) is 0 Å². The summed E-state index contributed by atoms with van der Waals surface area (Å²) in [7, 11) is 2.28. The van der Waals surface area contributed by atoms with Crippen molar-refractivity contribution in [3.63, 3.8) is 0 Å². The number of hydrogen-bond acceptors (Lipinski definition) is 1. The number of halogens is 1. The van der Waals surface area contributed by atoms with E-state index in [4.69, 9.17) is 0 Å². The smallest absolute Gasteiger partial charge is 0.0152 e. The summed E-state index contributed by atoms with van der Waals surface area (Å²) in [5, 5.41) is 0. The van der Waals surface area contributed by atoms with Gasteiger partial charge in [0.1, 0.15) is 0 Å². The van der Waals surface area contributed by atoms with Crippen LogP contribution < -0.4 is 0 Å². The summed E-state index contributed by atoms with van der Waals surface area (Å²) in [6.07, 6.45) is 7.24. The Morgan fingerprint density at radius 1 is 1.23 bits per heavy atom. The zero-order chi connectivity index (χ0) is 9.26. The van der Waals surface area contributed by atoms with Gasteiger partial charge >= 0.3 is 0 Å². The predicted molar refractivity (Wildman–Crippen MR) is 60.3 cm³/mol. The van der Waals surface area contributed by atoms with E-state index in [0.29, 0.717) is 0 Å². The maximum absolute atomic E-state index is 3.64. The third kappa shape index (κ3) is 3.25. The van der Waals surface area contributed by atoms with Gasteiger partial charge in [-0.1, -0.05) is 28.8 Å². The first-order chi connectivity index (χ1) is 6.24. The molecule has 0 bridgehead atoms. The van der Waals surface area contributed by atoms with Gasteiger partial charge in [-0.15, -0.1) is 0 Å². The van der Waals surface area contributed by atoms with Crippen LogP contribution in [0.4, 0.5) is 0 Å². The Kier molecular flexibility index (Phi) is 3.31. The summed E-state index contributed by atoms with van der Waals surface area (Å²) in [6, 6.07) is 0. The number of hydrogen-bond donors (Lipinski definition) is 0. The lowest BCUT2D eigenvalue weighted by Crippen LogP contribution is -2.35. The topological polar surface area (TPSA) is 3.24 Å². The van der Waals surface area contributed by atoms with E-state index in [1.165, 1.54) is 45.2 Å². The molecular formula is C11H20BrN. The maximum Gasteiger partial charge on any atom is 0.0152 e. The van der Waals surface area contributed by atoms with E-state index < -0.39 is 0 Å². The number of nitrogens with zero attached hydrogens (tertiary/aromatic N) is 1. The van der Waals surface area contributed by atoms with Crippen molar-refractivity contribution >= 4 is 15.9 Å². The lowest BCUT2D eigenvalue weighted by molar-refractivity contribution is 0.209. The molecule has 2 heteroatoms. The molecule has 2 aliphatic rings. The summed E-state index contributed by atoms with van der Waals surface area (Å²) in [5.41, 5.74) is 0. The molecule has 0 radical (unpaired) electrons. The molecule has 76 valence electrons. The molecule has 0 aliphatic heterocycles. The van der Waals surface area contributed by atoms with Gasteiger partial charge in [0, 0.05) is 11.4 Å². The van der Waals surface area contributed by atoms with Crippen molar-refractivity contribution in [3.8, 4) is 0 Å². The van der Waals surface area contributed by atoms with Gasteiger partial charge in [-0.3, -0.25) is 0 Å². The van der Waals surface area contributed by atoms with Gasteiger partial charge in [0.2, 0.25) is 0 Å².